The fraction of sp³-hybridized carbons (Fsp3) is 0.182. The highest BCUT2D eigenvalue weighted by Gasteiger charge is 2.08. The maximum atomic E-state index is 11.2. The number of rotatable bonds is 11. The molecule has 3 aromatic carbocycles. The highest BCUT2D eigenvalue weighted by Crippen LogP contribution is 2.16. The number of nitro benzene ring substituents is 3. The van der Waals surface area contributed by atoms with Gasteiger partial charge < -0.3 is 20.3 Å². The molecule has 2 amide bonds. The summed E-state index contributed by atoms with van der Waals surface area (Å²) in [6.45, 7) is 7.49. The van der Waals surface area contributed by atoms with Gasteiger partial charge in [0.2, 0.25) is 0 Å². The fourth-order valence-electron chi connectivity index (χ4n) is 2.76. The number of carbonyl (C=O) groups excluding carboxylic acids is 6. The number of aliphatic hydroxyl groups is 1. The van der Waals surface area contributed by atoms with E-state index in [0.717, 1.165) is 0 Å². The molecule has 0 unspecified atom stereocenters. The minimum atomic E-state index is -0.707. The first-order valence-corrected chi connectivity index (χ1v) is 17.1. The van der Waals surface area contributed by atoms with Crippen LogP contribution in [0.1, 0.15) is 27.2 Å². The second kappa shape index (κ2) is 33.4. The van der Waals surface area contributed by atoms with Crippen LogP contribution in [0, 0.1) is 30.3 Å². The van der Waals surface area contributed by atoms with Crippen LogP contribution >= 0.6 is 7.23 Å². The van der Waals surface area contributed by atoms with Crippen molar-refractivity contribution in [1.29, 1.82) is 0 Å². The number of benzene rings is 3. The molecule has 0 saturated carbocycles. The molecule has 0 aromatic heterocycles. The summed E-state index contributed by atoms with van der Waals surface area (Å²) in [7, 11) is 5.13. The number of carbonyl (C=O) groups is 4. The fourth-order valence-corrected chi connectivity index (χ4v) is 2.76. The molecule has 0 aliphatic heterocycles. The molecule has 0 aliphatic rings. The SMILES string of the molecule is C/C(O)=C/COC(=O)Nc1ccc([N+](=O)[O-])cc1.C=CC(C)=O.CC(=O)CCOC(=O)Nc1ccc([N+](=O)[O-])cc1.Nc1ccc([N+](=O)[O-])cc1.O=C=O.[B]P=S. The van der Waals surface area contributed by atoms with E-state index in [1.54, 1.807) is 0 Å². The van der Waals surface area contributed by atoms with Crippen LogP contribution < -0.4 is 16.4 Å². The number of nitrogens with zero attached hydrogens (tertiary/aromatic N) is 3. The molecule has 2 radical (unpaired) electrons. The molecule has 3 aromatic rings. The lowest BCUT2D eigenvalue weighted by Gasteiger charge is -2.05. The topological polar surface area (TPSA) is 321 Å². The minimum Gasteiger partial charge on any atom is -0.513 e. The van der Waals surface area contributed by atoms with Gasteiger partial charge in [0, 0.05) is 59.9 Å². The van der Waals surface area contributed by atoms with Gasteiger partial charge in [0.25, 0.3) is 17.1 Å². The summed E-state index contributed by atoms with van der Waals surface area (Å²) in [6.07, 6.45) is 1.61. The largest absolute Gasteiger partial charge is 0.513 e. The molecule has 3 rings (SSSR count). The molecule has 21 nitrogen and oxygen atoms in total. The lowest BCUT2D eigenvalue weighted by Crippen LogP contribution is -2.15. The van der Waals surface area contributed by atoms with Crippen molar-refractivity contribution in [1.82, 2.24) is 0 Å². The molecule has 0 saturated heterocycles. The molecule has 0 spiro atoms. The zero-order valence-corrected chi connectivity index (χ0v) is 32.1. The third kappa shape index (κ3) is 33.1. The number of ketones is 2. The first-order chi connectivity index (χ1) is 26.8. The number of nitrogens with one attached hydrogen (secondary N) is 2. The molecule has 0 heterocycles. The van der Waals surface area contributed by atoms with Crippen LogP contribution in [0.25, 0.3) is 0 Å². The molecule has 302 valence electrons. The number of allylic oxidation sites excluding steroid dienone is 2. The van der Waals surface area contributed by atoms with Crippen LogP contribution in [0.2, 0.25) is 0 Å². The van der Waals surface area contributed by atoms with Crippen molar-refractivity contribution in [3.63, 3.8) is 0 Å². The summed E-state index contributed by atoms with van der Waals surface area (Å²) < 4.78 is 9.44. The number of Topliss-reactive ketones (excluding diaryl/α,β-unsaturated/α-hetero) is 1. The first-order valence-electron chi connectivity index (χ1n) is 15.1. The molecule has 57 heavy (non-hydrogen) atoms. The van der Waals surface area contributed by atoms with Crippen molar-refractivity contribution in [2.24, 2.45) is 0 Å². The lowest BCUT2D eigenvalue weighted by molar-refractivity contribution is -0.385. The number of aliphatic hydroxyl groups excluding tert-OH is 1. The van der Waals surface area contributed by atoms with E-state index in [9.17, 15) is 49.5 Å². The summed E-state index contributed by atoms with van der Waals surface area (Å²) in [5.74, 6) is 0.00118. The number of non-ortho nitro benzene ring substituents is 3. The average Bonchev–Trinajstić information content (AvgIpc) is 3.13. The van der Waals surface area contributed by atoms with Gasteiger partial charge in [-0.2, -0.15) is 9.59 Å². The number of hydrogen-bond acceptors (Lipinski definition) is 17. The highest BCUT2D eigenvalue weighted by atomic mass is 32.4. The van der Waals surface area contributed by atoms with E-state index < -0.39 is 27.0 Å². The maximum absolute atomic E-state index is 11.2. The van der Waals surface area contributed by atoms with Crippen LogP contribution in [0.15, 0.2) is 97.3 Å². The molecule has 24 heteroatoms. The van der Waals surface area contributed by atoms with Crippen molar-refractivity contribution < 1.29 is 58.1 Å². The van der Waals surface area contributed by atoms with Crippen molar-refractivity contribution in [2.75, 3.05) is 29.6 Å². The number of hydrogen-bond donors (Lipinski definition) is 4. The number of nitro groups is 3. The van der Waals surface area contributed by atoms with Gasteiger partial charge in [0.1, 0.15) is 19.0 Å². The Bertz CT molecular complexity index is 1840. The Labute approximate surface area is 332 Å². The molecule has 0 fully saturated rings. The van der Waals surface area contributed by atoms with Gasteiger partial charge in [-0.15, -0.1) is 0 Å². The quantitative estimate of drug-likeness (QED) is 0.0302. The Balaban J connectivity index is -0.000000695. The van der Waals surface area contributed by atoms with E-state index in [1.165, 1.54) is 106 Å². The van der Waals surface area contributed by atoms with Crippen LogP contribution in [-0.4, -0.2) is 70.6 Å². The number of nitrogens with two attached hydrogens (primary N) is 1. The van der Waals surface area contributed by atoms with Gasteiger partial charge in [-0.1, -0.05) is 25.6 Å². The Morgan fingerprint density at radius 1 is 0.807 bits per heavy atom. The Kier molecular flexibility index (Phi) is 31.7. The number of anilines is 3. The summed E-state index contributed by atoms with van der Waals surface area (Å²) in [5.41, 5.74) is 6.54. The van der Waals surface area contributed by atoms with Gasteiger partial charge in [-0.25, -0.2) is 9.59 Å². The maximum Gasteiger partial charge on any atom is 0.411 e. The van der Waals surface area contributed by atoms with Crippen molar-refractivity contribution in [3.8, 4) is 0 Å². The minimum absolute atomic E-state index is 0.00808. The van der Waals surface area contributed by atoms with Crippen molar-refractivity contribution in [2.45, 2.75) is 27.2 Å². The van der Waals surface area contributed by atoms with Gasteiger partial charge in [0.15, 0.2) is 13.3 Å². The standard InChI is InChI=1S/2C11H12N2O5.C6H6N2O2.C4H6O.CO2.BPS/c2*1-8(14)6-7-18-11(15)12-9-2-4-10(5-3-9)13(16)17;7-5-1-3-6(4-2-5)8(9)10;1-3-4(2)5;2-1-3;1-2-3/h2-5H,6-7H2,1H3,(H,12,15);2-6,14H,7H2,1H3,(H,12,15);1-4H,7H2;3H,1H2,2H3;;/b;8-6-;;;;. The number of nitrogen functional groups attached to an aromatic ring is 1. The molecule has 0 aliphatic carbocycles. The van der Waals surface area contributed by atoms with E-state index in [4.69, 9.17) is 29.9 Å². The average molecular weight is 831 g/mol. The number of ether oxygens (including phenoxy) is 2. The zero-order chi connectivity index (χ0) is 44.3. The van der Waals surface area contributed by atoms with Gasteiger partial charge in [-0.3, -0.25) is 50.6 Å². The second-order valence-corrected chi connectivity index (χ2v) is 10.6. The molecule has 0 atom stereocenters. The van der Waals surface area contributed by atoms with Crippen LogP contribution in [0.5, 0.6) is 0 Å². The second-order valence-electron chi connectivity index (χ2n) is 9.74. The van der Waals surface area contributed by atoms with Gasteiger partial charge >= 0.3 is 18.3 Å². The van der Waals surface area contributed by atoms with E-state index in [2.05, 4.69) is 36.6 Å². The Morgan fingerprint density at radius 3 is 1.40 bits per heavy atom. The van der Waals surface area contributed by atoms with E-state index in [0.29, 0.717) is 24.3 Å². The van der Waals surface area contributed by atoms with Crippen molar-refractivity contribution >= 4 is 90.6 Å². The van der Waals surface area contributed by atoms with Gasteiger partial charge in [-0.05, 0) is 69.3 Å². The predicted octanol–water partition coefficient (Wildman–Crippen LogP) is 6.56. The van der Waals surface area contributed by atoms with E-state index in [1.807, 2.05) is 0 Å². The van der Waals surface area contributed by atoms with Crippen LogP contribution in [-0.2, 0) is 40.5 Å². The zero-order valence-electron chi connectivity index (χ0n) is 30.4. The number of amides is 2. The van der Waals surface area contributed by atoms with E-state index in [-0.39, 0.29) is 60.2 Å². The monoisotopic (exact) mass is 830 g/mol. The smallest absolute Gasteiger partial charge is 0.411 e. The molecule has 0 bridgehead atoms. The summed E-state index contributed by atoms with van der Waals surface area (Å²) in [6, 6.07) is 16.4. The third-order valence-corrected chi connectivity index (χ3v) is 5.32. The summed E-state index contributed by atoms with van der Waals surface area (Å²) >= 11 is 4.14. The Hall–Kier alpha value is -7.22. The third-order valence-electron chi connectivity index (χ3n) is 5.32. The predicted molar refractivity (Wildman–Crippen MR) is 211 cm³/mol. The Morgan fingerprint density at radius 2 is 1.12 bits per heavy atom. The molecular weight excluding hydrogens is 794 g/mol. The highest BCUT2D eigenvalue weighted by molar-refractivity contribution is 8.07. The van der Waals surface area contributed by atoms with Crippen molar-refractivity contribution in [3.05, 3.63) is 128 Å². The molecular formula is C33H36BN6O15PS. The lowest BCUT2D eigenvalue weighted by atomic mass is 10.3. The summed E-state index contributed by atoms with van der Waals surface area (Å²) in [5, 5.41) is 44.5. The van der Waals surface area contributed by atoms with E-state index >= 15 is 0 Å². The van der Waals surface area contributed by atoms with Gasteiger partial charge in [0.05, 0.1) is 20.5 Å². The summed E-state index contributed by atoms with van der Waals surface area (Å²) in [4.78, 5) is 88.4. The van der Waals surface area contributed by atoms with Crippen LogP contribution in [0.3, 0.4) is 0 Å². The van der Waals surface area contributed by atoms with Crippen LogP contribution in [0.4, 0.5) is 43.7 Å². The molecule has 5 N–H and O–H groups in total. The normalized spacial score (nSPS) is 9.14. The first kappa shape index (κ1) is 54.1.